The number of carbonyl (C=O) groups excluding carboxylic acids is 12. The first kappa shape index (κ1) is 110. The number of unbranched alkanes of at least 4 members (excludes halogenated alkanes) is 14. The number of primary amides is 1. The van der Waals surface area contributed by atoms with Crippen LogP contribution < -0.4 is 68.4 Å². The van der Waals surface area contributed by atoms with Gasteiger partial charge in [0.1, 0.15) is 67.3 Å². The highest BCUT2D eigenvalue weighted by molar-refractivity contribution is 7.81. The summed E-state index contributed by atoms with van der Waals surface area (Å²) in [6.45, 7) is 3.82. The number of hydrogen-bond donors (Lipinski definition) is 18. The second kappa shape index (κ2) is 62.5. The smallest absolute Gasteiger partial charge is 0.446 e. The van der Waals surface area contributed by atoms with Gasteiger partial charge in [0, 0.05) is 81.7 Å². The fraction of sp³-hybridized carbons (Fsp3) is 0.586. The second-order valence-corrected chi connectivity index (χ2v) is 32.5. The molecule has 1 heterocycles. The molecular formula is C87H129N13O28S. The van der Waals surface area contributed by atoms with Crippen molar-refractivity contribution < 1.29 is 133 Å². The number of fused-ring (bicyclic) bond motifs is 1. The summed E-state index contributed by atoms with van der Waals surface area (Å²) in [7, 11) is -4.98. The van der Waals surface area contributed by atoms with E-state index in [-0.39, 0.29) is 134 Å². The van der Waals surface area contributed by atoms with Crippen LogP contribution in [0.2, 0.25) is 0 Å². The number of para-hydroxylation sites is 1. The molecule has 19 N–H and O–H groups in total. The number of ether oxygens (including phenoxy) is 4. The zero-order valence-corrected chi connectivity index (χ0v) is 74.3. The molecule has 0 aliphatic rings. The van der Waals surface area contributed by atoms with Crippen LogP contribution in [0.15, 0.2) is 85.1 Å². The van der Waals surface area contributed by atoms with Crippen molar-refractivity contribution in [3.05, 3.63) is 102 Å². The van der Waals surface area contributed by atoms with Crippen molar-refractivity contribution in [1.29, 1.82) is 0 Å². The monoisotopic (exact) mass is 1840 g/mol. The topological polar surface area (TPSA) is 629 Å². The maximum absolute atomic E-state index is 14.5. The quantitative estimate of drug-likeness (QED) is 0.0223. The average Bonchev–Trinajstić information content (AvgIpc) is 1.77. The van der Waals surface area contributed by atoms with Crippen LogP contribution in [0.1, 0.15) is 198 Å². The minimum atomic E-state index is -4.98. The molecule has 0 aliphatic carbocycles. The van der Waals surface area contributed by atoms with Crippen molar-refractivity contribution >= 4 is 116 Å². The van der Waals surface area contributed by atoms with E-state index in [9.17, 15) is 105 Å². The van der Waals surface area contributed by atoms with E-state index in [1.807, 2.05) is 0 Å². The van der Waals surface area contributed by atoms with Gasteiger partial charge in [0.15, 0.2) is 0 Å². The summed E-state index contributed by atoms with van der Waals surface area (Å²) < 4.78 is 58.3. The van der Waals surface area contributed by atoms with Gasteiger partial charge in [0.25, 0.3) is 0 Å². The SMILES string of the molecule is CCCC[C@H](NC(=O)[C@H](Cc1c[nH]c2ccccc12)NC(=O)CCNC(=O)[C@H](CC(C)C)NC(=O)[C@H](Cc1ccc(OS(=O)(=O)O)cc1)NC(=O)[C@H](CC(=O)O)NC(=O)COCCOCCNC(=O)COCCOCCNC(=O)CC[C@H](NC(=O)CCCCCCCCCCCCCCCCC(=O)O)C(=O)O)C(=O)N[C@@H](CC(=O)O)C(=O)N[C@@H](Cc1ccccc1)C(N)=O. The Morgan fingerprint density at radius 2 is 0.845 bits per heavy atom. The molecule has 42 heteroatoms. The van der Waals surface area contributed by atoms with Crippen LogP contribution in [0.3, 0.4) is 0 Å². The number of carboxylic acids is 4. The lowest BCUT2D eigenvalue weighted by Crippen LogP contribution is -2.59. The molecule has 3 aromatic carbocycles. The molecule has 12 amide bonds. The zero-order chi connectivity index (χ0) is 94.9. The predicted octanol–water partition coefficient (Wildman–Crippen LogP) is 2.92. The number of amides is 12. The lowest BCUT2D eigenvalue weighted by Gasteiger charge is -2.26. The third-order valence-corrected chi connectivity index (χ3v) is 20.5. The molecule has 41 nitrogen and oxygen atoms in total. The molecule has 0 saturated heterocycles. The molecule has 0 unspecified atom stereocenters. The highest BCUT2D eigenvalue weighted by Gasteiger charge is 2.35. The van der Waals surface area contributed by atoms with Gasteiger partial charge < -0.3 is 113 Å². The number of hydrogen-bond acceptors (Lipinski definition) is 23. The van der Waals surface area contributed by atoms with Gasteiger partial charge in [0.2, 0.25) is 70.9 Å². The van der Waals surface area contributed by atoms with Crippen LogP contribution in [0.4, 0.5) is 0 Å². The first-order valence-electron chi connectivity index (χ1n) is 43.6. The normalized spacial score (nSPS) is 13.1. The molecule has 0 bridgehead atoms. The summed E-state index contributed by atoms with van der Waals surface area (Å²) in [4.78, 5) is 212. The number of aromatic amines is 1. The van der Waals surface area contributed by atoms with E-state index in [1.54, 1.807) is 81.6 Å². The van der Waals surface area contributed by atoms with Crippen molar-refractivity contribution in [3.8, 4) is 5.75 Å². The predicted molar refractivity (Wildman–Crippen MR) is 468 cm³/mol. The summed E-state index contributed by atoms with van der Waals surface area (Å²) in [6.07, 6.45) is 13.9. The van der Waals surface area contributed by atoms with E-state index < -0.39 is 186 Å². The van der Waals surface area contributed by atoms with Gasteiger partial charge in [-0.2, -0.15) is 8.42 Å². The summed E-state index contributed by atoms with van der Waals surface area (Å²) in [5.41, 5.74) is 7.69. The van der Waals surface area contributed by atoms with E-state index in [4.69, 9.17) is 29.8 Å². The fourth-order valence-corrected chi connectivity index (χ4v) is 13.8. The molecule has 716 valence electrons. The first-order valence-corrected chi connectivity index (χ1v) is 45.0. The third-order valence-electron chi connectivity index (χ3n) is 20.1. The molecule has 0 radical (unpaired) electrons. The Morgan fingerprint density at radius 3 is 1.40 bits per heavy atom. The summed E-state index contributed by atoms with van der Waals surface area (Å²) in [6, 6.07) is 8.24. The van der Waals surface area contributed by atoms with Gasteiger partial charge >= 0.3 is 34.3 Å². The summed E-state index contributed by atoms with van der Waals surface area (Å²) >= 11 is 0. The number of rotatable bonds is 72. The molecule has 129 heavy (non-hydrogen) atoms. The van der Waals surface area contributed by atoms with Crippen molar-refractivity contribution in [2.75, 3.05) is 72.5 Å². The van der Waals surface area contributed by atoms with E-state index in [2.05, 4.69) is 67.7 Å². The molecule has 8 atom stereocenters. The number of H-pyrrole nitrogens is 1. The molecule has 4 aromatic rings. The Hall–Kier alpha value is -11.7. The largest absolute Gasteiger partial charge is 0.481 e. The highest BCUT2D eigenvalue weighted by Crippen LogP contribution is 2.22. The number of nitrogens with two attached hydrogens (primary N) is 1. The zero-order valence-electron chi connectivity index (χ0n) is 73.5. The number of aromatic nitrogens is 1. The van der Waals surface area contributed by atoms with Crippen molar-refractivity contribution in [2.24, 2.45) is 11.7 Å². The van der Waals surface area contributed by atoms with Crippen LogP contribution in [0.25, 0.3) is 10.9 Å². The van der Waals surface area contributed by atoms with Crippen molar-refractivity contribution in [3.63, 3.8) is 0 Å². The lowest BCUT2D eigenvalue weighted by atomic mass is 10.0. The number of benzene rings is 3. The Balaban J connectivity index is 1.24. The van der Waals surface area contributed by atoms with Crippen molar-refractivity contribution in [1.82, 2.24) is 63.5 Å². The van der Waals surface area contributed by atoms with Gasteiger partial charge in [-0.05, 0) is 72.9 Å². The number of aliphatic carboxylic acids is 4. The Morgan fingerprint density at radius 1 is 0.395 bits per heavy atom. The number of nitrogens with one attached hydrogen (secondary N) is 12. The molecule has 0 spiro atoms. The molecule has 0 saturated carbocycles. The second-order valence-electron chi connectivity index (χ2n) is 31.4. The Labute approximate surface area is 749 Å². The van der Waals surface area contributed by atoms with E-state index >= 15 is 0 Å². The van der Waals surface area contributed by atoms with E-state index in [0.29, 0.717) is 41.3 Å². The standard InChI is InChI=1S/C87H129N13O28S/c1-4-5-28-64(82(114)100-71(53-79(110)111)86(118)97-66(80(88)112)49-58-25-19-18-20-26-58)96-84(116)69(51-60-54-92-63-29-24-23-27-62(60)63)94-74(103)38-39-91-81(113)67(48-57(2)3)98-83(115)68(50-59-32-34-61(35-33-59)128-129(121,122)123)99-85(117)70(52-78(108)109)95-76(105)56-127-47-45-125-43-41-90-75(104)55-126-46-44-124-42-40-89-72(101)37-36-65(87(119)120)93-73(102)30-21-16-14-12-10-8-6-7-9-11-13-15-17-22-31-77(106)107/h18-20,23-27,29,32-35,54,57,64-71,92H,4-17,21-22,28,30-31,36-53,55-56H2,1-3H3,(H2,88,112)(H,89,101)(H,90,104)(H,91,113)(H,93,102)(H,94,103)(H,95,105)(H,96,116)(H,97,118)(H,98,115)(H,99,117)(H,100,114)(H,106,107)(H,108,109)(H,110,111)(H,119,120)(H,121,122,123)/t64-,65-,66-,67-,68-,69-,70-,71-/m0/s1. The molecule has 1 aromatic heterocycles. The van der Waals surface area contributed by atoms with Gasteiger partial charge in [-0.15, -0.1) is 0 Å². The van der Waals surface area contributed by atoms with Gasteiger partial charge in [-0.1, -0.05) is 171 Å². The van der Waals surface area contributed by atoms with Crippen LogP contribution in [0, 0.1) is 5.92 Å². The van der Waals surface area contributed by atoms with Gasteiger partial charge in [-0.3, -0.25) is 76.5 Å². The van der Waals surface area contributed by atoms with E-state index in [0.717, 1.165) is 69.9 Å². The van der Waals surface area contributed by atoms with Gasteiger partial charge in [0.05, 0.1) is 52.5 Å². The maximum atomic E-state index is 14.5. The third kappa shape index (κ3) is 49.4. The fourth-order valence-electron chi connectivity index (χ4n) is 13.4. The Kier molecular flexibility index (Phi) is 53.1. The molecule has 4 rings (SSSR count). The maximum Gasteiger partial charge on any atom is 0.446 e. The highest BCUT2D eigenvalue weighted by atomic mass is 32.3. The number of carboxylic acid groups (broad SMARTS) is 4. The van der Waals surface area contributed by atoms with Crippen LogP contribution >= 0.6 is 0 Å². The summed E-state index contributed by atoms with van der Waals surface area (Å²) in [5, 5.41) is 66.5. The molecule has 0 fully saturated rings. The van der Waals surface area contributed by atoms with Crippen LogP contribution in [0.5, 0.6) is 5.75 Å². The van der Waals surface area contributed by atoms with Gasteiger partial charge in [-0.25, -0.2) is 4.79 Å². The van der Waals surface area contributed by atoms with Crippen LogP contribution in [-0.2, 0) is 125 Å². The molecular weight excluding hydrogens is 1710 g/mol. The molecule has 0 aliphatic heterocycles. The first-order chi connectivity index (χ1) is 61.6. The minimum absolute atomic E-state index is 0.00481. The summed E-state index contributed by atoms with van der Waals surface area (Å²) in [5.74, 6) is -15.7. The lowest BCUT2D eigenvalue weighted by molar-refractivity contribution is -0.142. The van der Waals surface area contributed by atoms with E-state index in [1.165, 1.54) is 37.8 Å². The minimum Gasteiger partial charge on any atom is -0.481 e. The van der Waals surface area contributed by atoms with Crippen LogP contribution in [-0.4, -0.2) is 254 Å². The van der Waals surface area contributed by atoms with Crippen molar-refractivity contribution in [2.45, 2.75) is 249 Å². The Bertz CT molecular complexity index is 4330. The number of carbonyl (C=O) groups is 16. The average molecular weight is 1840 g/mol.